The molecular weight excluding hydrogens is 488 g/mol. The molecule has 6 rings (SSSR count). The highest BCUT2D eigenvalue weighted by Crippen LogP contribution is 2.26. The lowest BCUT2D eigenvalue weighted by atomic mass is 9.86. The molecule has 0 amide bonds. The van der Waals surface area contributed by atoms with Gasteiger partial charge < -0.3 is 9.72 Å². The van der Waals surface area contributed by atoms with Crippen molar-refractivity contribution >= 4 is 21.8 Å². The minimum absolute atomic E-state index is 0.00602. The van der Waals surface area contributed by atoms with E-state index in [1.807, 2.05) is 72.8 Å². The van der Waals surface area contributed by atoms with Crippen LogP contribution in [0.1, 0.15) is 37.6 Å². The molecule has 1 N–H and O–H groups in total. The number of nitrogens with zero attached hydrogens (tertiary/aromatic N) is 5. The molecule has 6 aromatic rings. The highest BCUT2D eigenvalue weighted by Gasteiger charge is 2.17. The van der Waals surface area contributed by atoms with Crippen molar-refractivity contribution in [2.24, 2.45) is 0 Å². The third kappa shape index (κ3) is 5.13. The number of aromatic nitrogens is 6. The third-order valence-electron chi connectivity index (χ3n) is 6.78. The summed E-state index contributed by atoms with van der Waals surface area (Å²) >= 11 is 0. The van der Waals surface area contributed by atoms with Crippen LogP contribution >= 0.6 is 0 Å². The zero-order valence-electron chi connectivity index (χ0n) is 22.0. The Morgan fingerprint density at radius 2 is 1.72 bits per heavy atom. The van der Waals surface area contributed by atoms with Crippen molar-refractivity contribution in [3.63, 3.8) is 0 Å². The van der Waals surface area contributed by atoms with E-state index in [4.69, 9.17) is 4.74 Å². The summed E-state index contributed by atoms with van der Waals surface area (Å²) in [6.45, 7) is 7.28. The normalized spacial score (nSPS) is 11.8. The number of pyridine rings is 2. The molecule has 0 bridgehead atoms. The fourth-order valence-electron chi connectivity index (χ4n) is 4.55. The molecule has 0 aliphatic carbocycles. The number of rotatable bonds is 6. The molecule has 0 radical (unpaired) electrons. The third-order valence-corrected chi connectivity index (χ3v) is 6.78. The van der Waals surface area contributed by atoms with Gasteiger partial charge in [-0.15, -0.1) is 5.10 Å². The summed E-state index contributed by atoms with van der Waals surface area (Å²) in [6, 6.07) is 27.8. The Balaban J connectivity index is 1.19. The molecule has 3 aromatic heterocycles. The van der Waals surface area contributed by atoms with E-state index in [9.17, 15) is 4.79 Å². The van der Waals surface area contributed by atoms with Crippen molar-refractivity contribution in [1.29, 1.82) is 0 Å². The van der Waals surface area contributed by atoms with Crippen molar-refractivity contribution in [3.8, 4) is 17.1 Å². The first-order valence-electron chi connectivity index (χ1n) is 12.8. The molecule has 194 valence electrons. The van der Waals surface area contributed by atoms with Crippen molar-refractivity contribution in [3.05, 3.63) is 112 Å². The summed E-state index contributed by atoms with van der Waals surface area (Å²) in [7, 11) is 0. The van der Waals surface area contributed by atoms with Crippen molar-refractivity contribution in [2.45, 2.75) is 39.3 Å². The Kier molecular flexibility index (Phi) is 6.15. The summed E-state index contributed by atoms with van der Waals surface area (Å²) < 4.78 is 7.60. The second-order valence-corrected chi connectivity index (χ2v) is 10.7. The van der Waals surface area contributed by atoms with E-state index in [-0.39, 0.29) is 11.0 Å². The number of hydrogen-bond donors (Lipinski definition) is 1. The van der Waals surface area contributed by atoms with Crippen LogP contribution in [0.25, 0.3) is 33.2 Å². The Morgan fingerprint density at radius 3 is 2.54 bits per heavy atom. The number of para-hydroxylation sites is 1. The number of aromatic amines is 1. The smallest absolute Gasteiger partial charge is 0.259 e. The lowest BCUT2D eigenvalue weighted by Crippen LogP contribution is -2.14. The number of benzene rings is 3. The van der Waals surface area contributed by atoms with Crippen molar-refractivity contribution < 1.29 is 4.74 Å². The van der Waals surface area contributed by atoms with E-state index in [2.05, 4.69) is 58.4 Å². The number of tetrazole rings is 1. The van der Waals surface area contributed by atoms with Gasteiger partial charge in [-0.25, -0.2) is 9.67 Å². The molecular formula is C31H28N6O2. The second kappa shape index (κ2) is 9.79. The largest absolute Gasteiger partial charge is 0.487 e. The van der Waals surface area contributed by atoms with Gasteiger partial charge in [0, 0.05) is 10.9 Å². The first-order valence-corrected chi connectivity index (χ1v) is 12.8. The predicted molar refractivity (Wildman–Crippen MR) is 152 cm³/mol. The molecule has 0 fully saturated rings. The van der Waals surface area contributed by atoms with Gasteiger partial charge in [0.15, 0.2) is 5.82 Å². The van der Waals surface area contributed by atoms with E-state index >= 15 is 0 Å². The molecule has 0 saturated carbocycles. The molecule has 0 aliphatic heterocycles. The molecule has 3 aromatic carbocycles. The fourth-order valence-corrected chi connectivity index (χ4v) is 4.55. The van der Waals surface area contributed by atoms with Crippen LogP contribution in [0.3, 0.4) is 0 Å². The summed E-state index contributed by atoms with van der Waals surface area (Å²) in [5.74, 6) is 1.16. The topological polar surface area (TPSA) is 98.6 Å². The maximum absolute atomic E-state index is 12.9. The van der Waals surface area contributed by atoms with Gasteiger partial charge in [-0.1, -0.05) is 63.2 Å². The van der Waals surface area contributed by atoms with E-state index in [1.54, 1.807) is 4.68 Å². The van der Waals surface area contributed by atoms with Crippen molar-refractivity contribution in [2.75, 3.05) is 0 Å². The summed E-state index contributed by atoms with van der Waals surface area (Å²) in [5.41, 5.74) is 4.96. The Hall–Kier alpha value is -4.85. The lowest BCUT2D eigenvalue weighted by molar-refractivity contribution is 0.301. The van der Waals surface area contributed by atoms with Gasteiger partial charge >= 0.3 is 0 Å². The fraction of sp³-hybridized carbons (Fsp3) is 0.194. The highest BCUT2D eigenvalue weighted by molar-refractivity contribution is 5.83. The average molecular weight is 517 g/mol. The van der Waals surface area contributed by atoms with Gasteiger partial charge in [0.05, 0.1) is 23.3 Å². The van der Waals surface area contributed by atoms with E-state index in [1.165, 1.54) is 5.56 Å². The van der Waals surface area contributed by atoms with Gasteiger partial charge in [-0.2, -0.15) is 0 Å². The number of H-pyrrole nitrogens is 1. The minimum atomic E-state index is -0.229. The van der Waals surface area contributed by atoms with Crippen molar-refractivity contribution in [1.82, 2.24) is 30.2 Å². The van der Waals surface area contributed by atoms with E-state index in [0.717, 1.165) is 38.8 Å². The Bertz CT molecular complexity index is 1850. The van der Waals surface area contributed by atoms with E-state index < -0.39 is 0 Å². The van der Waals surface area contributed by atoms with Crippen LogP contribution in [0.15, 0.2) is 89.7 Å². The standard InChI is InChI=1S/C31H28N6O2/c1-31(2,3)23-11-15-28-22(16-23)17-26(30(38)33-28)29-34-35-36-37(29)18-20-8-13-25(14-9-20)39-19-24-12-10-21-6-4-5-7-27(21)32-24/h4-17H,18-19H2,1-3H3,(H,33,38). The molecule has 0 unspecified atom stereocenters. The van der Waals surface area contributed by atoms with Crippen LogP contribution in [0.4, 0.5) is 0 Å². The number of nitrogens with one attached hydrogen (secondary N) is 1. The Labute approximate surface area is 225 Å². The molecule has 0 spiro atoms. The van der Waals surface area contributed by atoms with Gasteiger partial charge in [0.1, 0.15) is 12.4 Å². The summed E-state index contributed by atoms with van der Waals surface area (Å²) in [6.07, 6.45) is 0. The van der Waals surface area contributed by atoms with Gasteiger partial charge in [-0.05, 0) is 74.8 Å². The van der Waals surface area contributed by atoms with Crippen LogP contribution in [-0.2, 0) is 18.6 Å². The Morgan fingerprint density at radius 1 is 0.897 bits per heavy atom. The first kappa shape index (κ1) is 24.5. The van der Waals surface area contributed by atoms with E-state index in [0.29, 0.717) is 24.5 Å². The molecule has 39 heavy (non-hydrogen) atoms. The maximum atomic E-state index is 12.9. The number of fused-ring (bicyclic) bond motifs is 2. The molecule has 8 heteroatoms. The van der Waals surface area contributed by atoms with Crippen LogP contribution in [-0.4, -0.2) is 30.2 Å². The van der Waals surface area contributed by atoms with Crippen LogP contribution in [0, 0.1) is 0 Å². The zero-order valence-corrected chi connectivity index (χ0v) is 22.0. The molecule has 3 heterocycles. The SMILES string of the molecule is CC(C)(C)c1ccc2[nH]c(=O)c(-c3nnnn3Cc3ccc(OCc4ccc5ccccc5n4)cc3)cc2c1. The molecule has 0 atom stereocenters. The average Bonchev–Trinajstić information content (AvgIpc) is 3.39. The minimum Gasteiger partial charge on any atom is -0.487 e. The van der Waals surface area contributed by atoms with Crippen LogP contribution < -0.4 is 10.3 Å². The van der Waals surface area contributed by atoms with Crippen LogP contribution in [0.5, 0.6) is 5.75 Å². The maximum Gasteiger partial charge on any atom is 0.259 e. The quantitative estimate of drug-likeness (QED) is 0.307. The number of ether oxygens (including phenoxy) is 1. The summed E-state index contributed by atoms with van der Waals surface area (Å²) in [5, 5.41) is 14.2. The number of hydrogen-bond acceptors (Lipinski definition) is 6. The highest BCUT2D eigenvalue weighted by atomic mass is 16.5. The molecule has 8 nitrogen and oxygen atoms in total. The van der Waals surface area contributed by atoms with Gasteiger partial charge in [-0.3, -0.25) is 4.79 Å². The second-order valence-electron chi connectivity index (χ2n) is 10.7. The predicted octanol–water partition coefficient (Wildman–Crippen LogP) is 5.65. The van der Waals surface area contributed by atoms with Gasteiger partial charge in [0.2, 0.25) is 0 Å². The van der Waals surface area contributed by atoms with Crippen LogP contribution in [0.2, 0.25) is 0 Å². The summed E-state index contributed by atoms with van der Waals surface area (Å²) in [4.78, 5) is 20.6. The lowest BCUT2D eigenvalue weighted by Gasteiger charge is -2.19. The van der Waals surface area contributed by atoms with Gasteiger partial charge in [0.25, 0.3) is 5.56 Å². The zero-order chi connectivity index (χ0) is 27.0. The first-order chi connectivity index (χ1) is 18.8. The monoisotopic (exact) mass is 516 g/mol. The molecule has 0 aliphatic rings. The molecule has 0 saturated heterocycles.